The van der Waals surface area contributed by atoms with Gasteiger partial charge in [0.2, 0.25) is 0 Å². The summed E-state index contributed by atoms with van der Waals surface area (Å²) in [5.41, 5.74) is 0. The van der Waals surface area contributed by atoms with Crippen LogP contribution in [0.4, 0.5) is 8.78 Å². The van der Waals surface area contributed by atoms with Crippen LogP contribution >= 0.6 is 11.6 Å². The van der Waals surface area contributed by atoms with Crippen LogP contribution in [-0.4, -0.2) is 29.9 Å². The Labute approximate surface area is 57.6 Å². The van der Waals surface area contributed by atoms with Gasteiger partial charge in [0.05, 0.1) is 12.5 Å². The zero-order valence-corrected chi connectivity index (χ0v) is 5.67. The molecule has 4 heteroatoms. The Bertz CT molecular complexity index is 107. The number of nitrogens with zero attached hydrogens (tertiary/aromatic N) is 1. The van der Waals surface area contributed by atoms with Gasteiger partial charge in [-0.3, -0.25) is 4.90 Å². The second-order valence-electron chi connectivity index (χ2n) is 2.28. The van der Waals surface area contributed by atoms with Crippen molar-refractivity contribution in [3.63, 3.8) is 0 Å². The molecule has 0 saturated carbocycles. The SMILES string of the molecule is FC1(F)CCN(CCl)C1. The lowest BCUT2D eigenvalue weighted by atomic mass is 10.3. The molecule has 0 atom stereocenters. The third-order valence-electron chi connectivity index (χ3n) is 1.42. The van der Waals surface area contributed by atoms with Gasteiger partial charge >= 0.3 is 0 Å². The summed E-state index contributed by atoms with van der Waals surface area (Å²) < 4.78 is 24.6. The first kappa shape index (κ1) is 7.22. The number of likely N-dealkylation sites (tertiary alicyclic amines) is 1. The minimum Gasteiger partial charge on any atom is -0.284 e. The molecule has 0 aliphatic carbocycles. The third kappa shape index (κ3) is 1.76. The predicted octanol–water partition coefficient (Wildman–Crippen LogP) is 1.52. The van der Waals surface area contributed by atoms with Crippen molar-refractivity contribution in [1.29, 1.82) is 0 Å². The monoisotopic (exact) mass is 155 g/mol. The van der Waals surface area contributed by atoms with Crippen LogP contribution in [0, 0.1) is 0 Å². The molecule has 0 N–H and O–H groups in total. The Kier molecular flexibility index (Phi) is 1.91. The Morgan fingerprint density at radius 1 is 1.56 bits per heavy atom. The molecule has 1 aliphatic heterocycles. The van der Waals surface area contributed by atoms with Crippen molar-refractivity contribution < 1.29 is 8.78 Å². The van der Waals surface area contributed by atoms with Gasteiger partial charge < -0.3 is 0 Å². The fourth-order valence-electron chi connectivity index (χ4n) is 0.909. The zero-order valence-electron chi connectivity index (χ0n) is 4.91. The maximum atomic E-state index is 12.3. The van der Waals surface area contributed by atoms with Crippen molar-refractivity contribution in [1.82, 2.24) is 4.90 Å². The lowest BCUT2D eigenvalue weighted by Gasteiger charge is -2.09. The second kappa shape index (κ2) is 2.39. The summed E-state index contributed by atoms with van der Waals surface area (Å²) >= 11 is 5.33. The molecule has 1 nitrogen and oxygen atoms in total. The molecule has 0 spiro atoms. The highest BCUT2D eigenvalue weighted by Gasteiger charge is 2.37. The molecule has 1 aliphatic rings. The first-order chi connectivity index (χ1) is 4.14. The first-order valence-corrected chi connectivity index (χ1v) is 3.34. The van der Waals surface area contributed by atoms with Gasteiger partial charge in [-0.05, 0) is 0 Å². The predicted molar refractivity (Wildman–Crippen MR) is 31.9 cm³/mol. The quantitative estimate of drug-likeness (QED) is 0.410. The van der Waals surface area contributed by atoms with E-state index in [1.54, 1.807) is 0 Å². The van der Waals surface area contributed by atoms with Crippen molar-refractivity contribution in [2.24, 2.45) is 0 Å². The standard InChI is InChI=1S/C5H8ClF2N/c6-4-9-2-1-5(7,8)3-9/h1-4H2. The summed E-state index contributed by atoms with van der Waals surface area (Å²) in [6.45, 7) is 0.257. The number of hydrogen-bond donors (Lipinski definition) is 0. The summed E-state index contributed by atoms with van der Waals surface area (Å²) in [6.07, 6.45) is -0.0419. The van der Waals surface area contributed by atoms with E-state index in [0.29, 0.717) is 6.54 Å². The van der Waals surface area contributed by atoms with Crippen molar-refractivity contribution in [2.45, 2.75) is 12.3 Å². The number of rotatable bonds is 1. The summed E-state index contributed by atoms with van der Waals surface area (Å²) in [6, 6.07) is 0.218. The fourth-order valence-corrected chi connectivity index (χ4v) is 1.11. The molecule has 0 radical (unpaired) electrons. The molecule has 1 fully saturated rings. The molecular formula is C5H8ClF2N. The summed E-state index contributed by atoms with van der Waals surface area (Å²) in [4.78, 5) is 1.53. The van der Waals surface area contributed by atoms with Crippen LogP contribution in [0.25, 0.3) is 0 Å². The molecular weight excluding hydrogens is 148 g/mol. The average Bonchev–Trinajstić information content (AvgIpc) is 2.10. The van der Waals surface area contributed by atoms with Gasteiger partial charge in [-0.15, -0.1) is 11.6 Å². The van der Waals surface area contributed by atoms with E-state index in [0.717, 1.165) is 0 Å². The Morgan fingerprint density at radius 2 is 2.22 bits per heavy atom. The largest absolute Gasteiger partial charge is 0.284 e. The summed E-state index contributed by atoms with van der Waals surface area (Å²) in [5.74, 6) is -2.49. The smallest absolute Gasteiger partial charge is 0.261 e. The zero-order chi connectivity index (χ0) is 6.91. The number of hydrogen-bond acceptors (Lipinski definition) is 1. The summed E-state index contributed by atoms with van der Waals surface area (Å²) in [7, 11) is 0. The maximum Gasteiger partial charge on any atom is 0.261 e. The maximum absolute atomic E-state index is 12.3. The van der Waals surface area contributed by atoms with E-state index in [2.05, 4.69) is 0 Å². The molecule has 0 bridgehead atoms. The number of halogens is 3. The Hall–Kier alpha value is 0.110. The highest BCUT2D eigenvalue weighted by Crippen LogP contribution is 2.26. The van der Waals surface area contributed by atoms with Gasteiger partial charge in [-0.2, -0.15) is 0 Å². The van der Waals surface area contributed by atoms with E-state index < -0.39 is 5.92 Å². The molecule has 0 aromatic carbocycles. The van der Waals surface area contributed by atoms with Gasteiger partial charge in [-0.25, -0.2) is 8.78 Å². The van der Waals surface area contributed by atoms with Crippen LogP contribution in [-0.2, 0) is 0 Å². The topological polar surface area (TPSA) is 3.24 Å². The van der Waals surface area contributed by atoms with E-state index in [4.69, 9.17) is 11.6 Å². The van der Waals surface area contributed by atoms with Gasteiger partial charge in [0.15, 0.2) is 0 Å². The van der Waals surface area contributed by atoms with E-state index in [1.165, 1.54) is 4.90 Å². The van der Waals surface area contributed by atoms with Gasteiger partial charge in [-0.1, -0.05) is 0 Å². The highest BCUT2D eigenvalue weighted by molar-refractivity contribution is 6.17. The van der Waals surface area contributed by atoms with E-state index >= 15 is 0 Å². The van der Waals surface area contributed by atoms with Crippen molar-refractivity contribution in [3.05, 3.63) is 0 Å². The van der Waals surface area contributed by atoms with Crippen molar-refractivity contribution in [2.75, 3.05) is 19.1 Å². The van der Waals surface area contributed by atoms with Crippen LogP contribution < -0.4 is 0 Å². The van der Waals surface area contributed by atoms with Gasteiger partial charge in [0.1, 0.15) is 0 Å². The molecule has 1 rings (SSSR count). The minimum atomic E-state index is -2.49. The van der Waals surface area contributed by atoms with E-state index in [1.807, 2.05) is 0 Å². The van der Waals surface area contributed by atoms with Gasteiger partial charge in [0.25, 0.3) is 5.92 Å². The minimum absolute atomic E-state index is 0.0419. The van der Waals surface area contributed by atoms with Crippen LogP contribution in [0.3, 0.4) is 0 Å². The average molecular weight is 156 g/mol. The Morgan fingerprint density at radius 3 is 2.44 bits per heavy atom. The van der Waals surface area contributed by atoms with Crippen LogP contribution in [0.2, 0.25) is 0 Å². The van der Waals surface area contributed by atoms with Crippen LogP contribution in [0.1, 0.15) is 6.42 Å². The molecule has 1 heterocycles. The molecule has 54 valence electrons. The first-order valence-electron chi connectivity index (χ1n) is 2.80. The molecule has 0 unspecified atom stereocenters. The molecule has 9 heavy (non-hydrogen) atoms. The molecule has 1 saturated heterocycles. The van der Waals surface area contributed by atoms with Crippen LogP contribution in [0.5, 0.6) is 0 Å². The second-order valence-corrected chi connectivity index (χ2v) is 2.52. The summed E-state index contributed by atoms with van der Waals surface area (Å²) in [5, 5.41) is 0. The normalized spacial score (nSPS) is 27.0. The van der Waals surface area contributed by atoms with Crippen molar-refractivity contribution in [3.8, 4) is 0 Å². The lowest BCUT2D eigenvalue weighted by Crippen LogP contribution is -2.23. The highest BCUT2D eigenvalue weighted by atomic mass is 35.5. The van der Waals surface area contributed by atoms with E-state index in [9.17, 15) is 8.78 Å². The number of alkyl halides is 3. The third-order valence-corrected chi connectivity index (χ3v) is 1.76. The molecule has 0 aromatic heterocycles. The molecule has 0 aromatic rings. The van der Waals surface area contributed by atoms with Crippen LogP contribution in [0.15, 0.2) is 0 Å². The fraction of sp³-hybridized carbons (Fsp3) is 1.00. The molecule has 0 amide bonds. The van der Waals surface area contributed by atoms with E-state index in [-0.39, 0.29) is 19.0 Å². The van der Waals surface area contributed by atoms with Crippen molar-refractivity contribution >= 4 is 11.6 Å². The lowest BCUT2D eigenvalue weighted by molar-refractivity contribution is 0.0139. The Balaban J connectivity index is 2.38. The van der Waals surface area contributed by atoms with Gasteiger partial charge in [0, 0.05) is 13.0 Å².